The highest BCUT2D eigenvalue weighted by atomic mass is 32.1. The Labute approximate surface area is 134 Å². The largest absolute Gasteiger partial charge is 0.292 e. The molecule has 9 heteroatoms. The summed E-state index contributed by atoms with van der Waals surface area (Å²) in [5.41, 5.74) is 2.07. The van der Waals surface area contributed by atoms with E-state index in [9.17, 15) is 4.79 Å². The topological polar surface area (TPSA) is 91.4 Å². The zero-order chi connectivity index (χ0) is 15.8. The summed E-state index contributed by atoms with van der Waals surface area (Å²) in [6.07, 6.45) is 1.51. The van der Waals surface area contributed by atoms with Crippen LogP contribution in [0.15, 0.2) is 41.5 Å². The maximum absolute atomic E-state index is 12.6. The smallest absolute Gasteiger partial charge is 0.283 e. The van der Waals surface area contributed by atoms with Crippen LogP contribution in [0, 0.1) is 6.92 Å². The highest BCUT2D eigenvalue weighted by Gasteiger charge is 2.14. The van der Waals surface area contributed by atoms with Crippen molar-refractivity contribution in [2.45, 2.75) is 13.5 Å². The van der Waals surface area contributed by atoms with Crippen LogP contribution in [0.1, 0.15) is 10.6 Å². The Morgan fingerprint density at radius 2 is 2.00 bits per heavy atom. The normalized spacial score (nSPS) is 11.2. The molecule has 0 bridgehead atoms. The van der Waals surface area contributed by atoms with Gasteiger partial charge < -0.3 is 0 Å². The number of fused-ring (bicyclic) bond motifs is 1. The number of para-hydroxylation sites is 1. The lowest BCUT2D eigenvalue weighted by Gasteiger charge is -2.04. The summed E-state index contributed by atoms with van der Waals surface area (Å²) >= 11 is 1.27. The molecule has 0 aliphatic carbocycles. The molecule has 0 saturated carbocycles. The monoisotopic (exact) mass is 325 g/mol. The van der Waals surface area contributed by atoms with Gasteiger partial charge in [-0.25, -0.2) is 4.98 Å². The summed E-state index contributed by atoms with van der Waals surface area (Å²) in [5, 5.41) is 12.0. The van der Waals surface area contributed by atoms with Gasteiger partial charge in [-0.05, 0) is 30.6 Å². The van der Waals surface area contributed by atoms with Crippen LogP contribution < -0.4 is 5.56 Å². The Morgan fingerprint density at radius 3 is 2.74 bits per heavy atom. The standard InChI is InChI=1S/C14H11N7OS/c1-9-11(23-19-16-9)7-20-8-15-13-12(14(20)22)17-18-21(13)10-5-3-2-4-6-10/h2-6,8H,7H2,1H3. The molecule has 0 radical (unpaired) electrons. The Kier molecular flexibility index (Phi) is 3.19. The van der Waals surface area contributed by atoms with Crippen molar-refractivity contribution in [3.63, 3.8) is 0 Å². The summed E-state index contributed by atoms with van der Waals surface area (Å²) in [5.74, 6) is 0. The van der Waals surface area contributed by atoms with Gasteiger partial charge >= 0.3 is 0 Å². The van der Waals surface area contributed by atoms with E-state index < -0.39 is 0 Å². The summed E-state index contributed by atoms with van der Waals surface area (Å²) in [7, 11) is 0. The molecule has 0 aliphatic heterocycles. The molecule has 0 saturated heterocycles. The molecular weight excluding hydrogens is 314 g/mol. The highest BCUT2D eigenvalue weighted by Crippen LogP contribution is 2.13. The number of benzene rings is 1. The van der Waals surface area contributed by atoms with E-state index in [4.69, 9.17) is 0 Å². The Morgan fingerprint density at radius 1 is 1.17 bits per heavy atom. The van der Waals surface area contributed by atoms with Crippen LogP contribution in [0.4, 0.5) is 0 Å². The van der Waals surface area contributed by atoms with Gasteiger partial charge in [-0.2, -0.15) is 4.68 Å². The molecule has 0 amide bonds. The summed E-state index contributed by atoms with van der Waals surface area (Å²) in [4.78, 5) is 17.9. The van der Waals surface area contributed by atoms with E-state index in [0.29, 0.717) is 12.2 Å². The average molecular weight is 325 g/mol. The molecule has 114 valence electrons. The van der Waals surface area contributed by atoms with Crippen LogP contribution >= 0.6 is 11.5 Å². The predicted molar refractivity (Wildman–Crippen MR) is 84.7 cm³/mol. The van der Waals surface area contributed by atoms with E-state index in [1.165, 1.54) is 22.4 Å². The van der Waals surface area contributed by atoms with Gasteiger partial charge in [-0.3, -0.25) is 9.36 Å². The lowest BCUT2D eigenvalue weighted by molar-refractivity contribution is 0.749. The Bertz CT molecular complexity index is 1030. The van der Waals surface area contributed by atoms with Crippen molar-refractivity contribution in [1.82, 2.24) is 34.1 Å². The van der Waals surface area contributed by atoms with E-state index in [0.717, 1.165) is 16.3 Å². The molecule has 3 aromatic heterocycles. The minimum absolute atomic E-state index is 0.231. The molecule has 0 atom stereocenters. The fraction of sp³-hybridized carbons (Fsp3) is 0.143. The molecule has 0 N–H and O–H groups in total. The minimum atomic E-state index is -0.231. The van der Waals surface area contributed by atoms with Crippen LogP contribution in [0.3, 0.4) is 0 Å². The molecule has 4 aromatic rings. The van der Waals surface area contributed by atoms with Gasteiger partial charge in [-0.1, -0.05) is 27.9 Å². The van der Waals surface area contributed by atoms with Crippen LogP contribution in [0.25, 0.3) is 16.9 Å². The van der Waals surface area contributed by atoms with Crippen LogP contribution in [-0.2, 0) is 6.54 Å². The van der Waals surface area contributed by atoms with Crippen molar-refractivity contribution in [3.05, 3.63) is 57.6 Å². The Hall–Kier alpha value is -2.94. The second-order valence-corrected chi connectivity index (χ2v) is 5.81. The average Bonchev–Trinajstić information content (AvgIpc) is 3.18. The first-order valence-electron chi connectivity index (χ1n) is 6.88. The molecule has 0 fully saturated rings. The lowest BCUT2D eigenvalue weighted by atomic mass is 10.3. The number of aromatic nitrogens is 7. The van der Waals surface area contributed by atoms with Gasteiger partial charge in [0.15, 0.2) is 11.2 Å². The van der Waals surface area contributed by atoms with Crippen LogP contribution in [-0.4, -0.2) is 34.1 Å². The van der Waals surface area contributed by atoms with E-state index >= 15 is 0 Å². The number of rotatable bonds is 3. The molecule has 0 unspecified atom stereocenters. The predicted octanol–water partition coefficient (Wildman–Crippen LogP) is 1.19. The van der Waals surface area contributed by atoms with Gasteiger partial charge in [0.1, 0.15) is 6.33 Å². The van der Waals surface area contributed by atoms with Gasteiger partial charge in [0, 0.05) is 0 Å². The molecule has 23 heavy (non-hydrogen) atoms. The summed E-state index contributed by atoms with van der Waals surface area (Å²) in [6.45, 7) is 2.24. The fourth-order valence-electron chi connectivity index (χ4n) is 2.25. The van der Waals surface area contributed by atoms with Gasteiger partial charge in [0.25, 0.3) is 5.56 Å². The van der Waals surface area contributed by atoms with Crippen LogP contribution in [0.2, 0.25) is 0 Å². The van der Waals surface area contributed by atoms with Gasteiger partial charge in [0.05, 0.1) is 22.8 Å². The number of nitrogens with zero attached hydrogens (tertiary/aromatic N) is 7. The third-order valence-corrected chi connectivity index (χ3v) is 4.30. The maximum Gasteiger partial charge on any atom is 0.283 e. The molecule has 4 rings (SSSR count). The van der Waals surface area contributed by atoms with E-state index in [2.05, 4.69) is 24.9 Å². The van der Waals surface area contributed by atoms with Crippen LogP contribution in [0.5, 0.6) is 0 Å². The molecule has 1 aromatic carbocycles. The van der Waals surface area contributed by atoms with Crippen molar-refractivity contribution in [3.8, 4) is 5.69 Å². The SMILES string of the molecule is Cc1nnsc1Cn1cnc2c(nnn2-c2ccccc2)c1=O. The number of hydrogen-bond acceptors (Lipinski definition) is 7. The molecule has 8 nitrogen and oxygen atoms in total. The minimum Gasteiger partial charge on any atom is -0.292 e. The second kappa shape index (κ2) is 5.36. The quantitative estimate of drug-likeness (QED) is 0.562. The number of aryl methyl sites for hydroxylation is 1. The lowest BCUT2D eigenvalue weighted by Crippen LogP contribution is -2.21. The van der Waals surface area contributed by atoms with Gasteiger partial charge in [0.2, 0.25) is 0 Å². The molecule has 0 aliphatic rings. The second-order valence-electron chi connectivity index (χ2n) is 4.97. The fourth-order valence-corrected chi connectivity index (χ4v) is 2.88. The highest BCUT2D eigenvalue weighted by molar-refractivity contribution is 7.05. The summed E-state index contributed by atoms with van der Waals surface area (Å²) in [6, 6.07) is 9.46. The molecular formula is C14H11N7OS. The number of hydrogen-bond donors (Lipinski definition) is 0. The first-order chi connectivity index (χ1) is 11.2. The first-order valence-corrected chi connectivity index (χ1v) is 7.65. The first kappa shape index (κ1) is 13.7. The van der Waals surface area contributed by atoms with Crippen molar-refractivity contribution in [2.24, 2.45) is 0 Å². The molecule has 0 spiro atoms. The summed E-state index contributed by atoms with van der Waals surface area (Å²) < 4.78 is 6.93. The van der Waals surface area contributed by atoms with Gasteiger partial charge in [-0.15, -0.1) is 10.2 Å². The van der Waals surface area contributed by atoms with Crippen molar-refractivity contribution in [1.29, 1.82) is 0 Å². The Balaban J connectivity index is 1.81. The van der Waals surface area contributed by atoms with E-state index in [-0.39, 0.29) is 11.1 Å². The van der Waals surface area contributed by atoms with E-state index in [1.54, 1.807) is 4.68 Å². The van der Waals surface area contributed by atoms with Crippen molar-refractivity contribution < 1.29 is 0 Å². The zero-order valence-corrected chi connectivity index (χ0v) is 12.9. The third kappa shape index (κ3) is 2.30. The van der Waals surface area contributed by atoms with Crippen molar-refractivity contribution in [2.75, 3.05) is 0 Å². The zero-order valence-electron chi connectivity index (χ0n) is 12.1. The van der Waals surface area contributed by atoms with Crippen molar-refractivity contribution >= 4 is 22.7 Å². The maximum atomic E-state index is 12.6. The molecule has 3 heterocycles. The van der Waals surface area contributed by atoms with E-state index in [1.807, 2.05) is 37.3 Å². The third-order valence-electron chi connectivity index (χ3n) is 3.49.